The molecule has 2 rings (SSSR count). The highest BCUT2D eigenvalue weighted by Crippen LogP contribution is 2.14. The minimum absolute atomic E-state index is 0.363. The maximum Gasteiger partial charge on any atom is 0.0645 e. The Morgan fingerprint density at radius 1 is 1.33 bits per heavy atom. The molecule has 3 nitrogen and oxygen atoms in total. The molecule has 1 atom stereocenters. The maximum atomic E-state index is 5.61. The topological polar surface area (TPSA) is 43.8 Å². The Bertz CT molecular complexity index is 419. The SMILES string of the molecule is CC(CN)c1cnn(-c2ccccc2)c1. The van der Waals surface area contributed by atoms with Gasteiger partial charge in [-0.2, -0.15) is 5.10 Å². The zero-order valence-electron chi connectivity index (χ0n) is 8.80. The lowest BCUT2D eigenvalue weighted by molar-refractivity contribution is 0.773. The van der Waals surface area contributed by atoms with Gasteiger partial charge < -0.3 is 5.73 Å². The van der Waals surface area contributed by atoms with E-state index in [1.165, 1.54) is 5.56 Å². The van der Waals surface area contributed by atoms with Gasteiger partial charge in [0.1, 0.15) is 0 Å². The van der Waals surface area contributed by atoms with Crippen LogP contribution in [-0.2, 0) is 0 Å². The summed E-state index contributed by atoms with van der Waals surface area (Å²) in [5, 5.41) is 4.32. The number of para-hydroxylation sites is 1. The first-order valence-corrected chi connectivity index (χ1v) is 5.11. The molecule has 1 aromatic heterocycles. The molecule has 1 heterocycles. The van der Waals surface area contributed by atoms with Crippen LogP contribution in [0.4, 0.5) is 0 Å². The third kappa shape index (κ3) is 2.07. The molecule has 0 saturated heterocycles. The Morgan fingerprint density at radius 2 is 2.07 bits per heavy atom. The lowest BCUT2D eigenvalue weighted by Gasteiger charge is -2.03. The predicted molar refractivity (Wildman–Crippen MR) is 61.0 cm³/mol. The summed E-state index contributed by atoms with van der Waals surface area (Å²) < 4.78 is 1.88. The minimum atomic E-state index is 0.363. The van der Waals surface area contributed by atoms with Crippen LogP contribution < -0.4 is 5.73 Å². The van der Waals surface area contributed by atoms with Crippen molar-refractivity contribution in [2.24, 2.45) is 5.73 Å². The molecule has 0 amide bonds. The van der Waals surface area contributed by atoms with Crippen molar-refractivity contribution in [1.29, 1.82) is 0 Å². The monoisotopic (exact) mass is 201 g/mol. The highest BCUT2D eigenvalue weighted by molar-refractivity contribution is 5.31. The summed E-state index contributed by atoms with van der Waals surface area (Å²) in [5.74, 6) is 0.363. The van der Waals surface area contributed by atoms with E-state index < -0.39 is 0 Å². The van der Waals surface area contributed by atoms with E-state index in [0.717, 1.165) is 5.69 Å². The van der Waals surface area contributed by atoms with E-state index in [2.05, 4.69) is 12.0 Å². The van der Waals surface area contributed by atoms with E-state index in [1.807, 2.05) is 47.4 Å². The predicted octanol–water partition coefficient (Wildman–Crippen LogP) is 1.93. The fourth-order valence-corrected chi connectivity index (χ4v) is 1.45. The molecular formula is C12H15N3. The van der Waals surface area contributed by atoms with Gasteiger partial charge in [0, 0.05) is 6.20 Å². The minimum Gasteiger partial charge on any atom is -0.330 e. The first-order valence-electron chi connectivity index (χ1n) is 5.11. The highest BCUT2D eigenvalue weighted by Gasteiger charge is 2.06. The summed E-state index contributed by atoms with van der Waals surface area (Å²) in [4.78, 5) is 0. The van der Waals surface area contributed by atoms with Crippen LogP contribution >= 0.6 is 0 Å². The lowest BCUT2D eigenvalue weighted by atomic mass is 10.1. The molecule has 0 aliphatic heterocycles. The largest absolute Gasteiger partial charge is 0.330 e. The number of nitrogens with zero attached hydrogens (tertiary/aromatic N) is 2. The number of rotatable bonds is 3. The van der Waals surface area contributed by atoms with Crippen molar-refractivity contribution in [2.75, 3.05) is 6.54 Å². The second kappa shape index (κ2) is 4.28. The van der Waals surface area contributed by atoms with Crippen molar-refractivity contribution in [3.8, 4) is 5.69 Å². The van der Waals surface area contributed by atoms with Crippen molar-refractivity contribution in [1.82, 2.24) is 9.78 Å². The third-order valence-electron chi connectivity index (χ3n) is 2.55. The first-order chi connectivity index (χ1) is 7.31. The maximum absolute atomic E-state index is 5.61. The molecule has 0 fully saturated rings. The highest BCUT2D eigenvalue weighted by atomic mass is 15.3. The van der Waals surface area contributed by atoms with Gasteiger partial charge >= 0.3 is 0 Å². The Labute approximate surface area is 89.5 Å². The van der Waals surface area contributed by atoms with Crippen molar-refractivity contribution in [3.63, 3.8) is 0 Å². The Balaban J connectivity index is 2.28. The standard InChI is InChI=1S/C12H15N3/c1-10(7-13)11-8-14-15(9-11)12-5-3-2-4-6-12/h2-6,8-10H,7,13H2,1H3. The summed E-state index contributed by atoms with van der Waals surface area (Å²) in [5.41, 5.74) is 7.87. The molecule has 15 heavy (non-hydrogen) atoms. The molecule has 0 radical (unpaired) electrons. The molecule has 0 bridgehead atoms. The third-order valence-corrected chi connectivity index (χ3v) is 2.55. The normalized spacial score (nSPS) is 12.7. The molecule has 0 saturated carbocycles. The molecule has 2 N–H and O–H groups in total. The van der Waals surface area contributed by atoms with Gasteiger partial charge in [0.05, 0.1) is 11.9 Å². The fourth-order valence-electron chi connectivity index (χ4n) is 1.45. The smallest absolute Gasteiger partial charge is 0.0645 e. The number of nitrogens with two attached hydrogens (primary N) is 1. The zero-order chi connectivity index (χ0) is 10.7. The van der Waals surface area contributed by atoms with Crippen molar-refractivity contribution in [2.45, 2.75) is 12.8 Å². The van der Waals surface area contributed by atoms with Crippen LogP contribution in [0.25, 0.3) is 5.69 Å². The van der Waals surface area contributed by atoms with Crippen LogP contribution in [-0.4, -0.2) is 16.3 Å². The summed E-state index contributed by atoms with van der Waals surface area (Å²) in [6.45, 7) is 2.76. The van der Waals surface area contributed by atoms with Gasteiger partial charge in [-0.1, -0.05) is 25.1 Å². The average Bonchev–Trinajstić information content (AvgIpc) is 2.78. The van der Waals surface area contributed by atoms with Gasteiger partial charge in [-0.05, 0) is 30.2 Å². The molecule has 1 unspecified atom stereocenters. The van der Waals surface area contributed by atoms with Crippen LogP contribution in [0.3, 0.4) is 0 Å². The van der Waals surface area contributed by atoms with E-state index in [0.29, 0.717) is 12.5 Å². The summed E-state index contributed by atoms with van der Waals surface area (Å²) >= 11 is 0. The van der Waals surface area contributed by atoms with E-state index in [4.69, 9.17) is 5.73 Å². The molecule has 3 heteroatoms. The van der Waals surface area contributed by atoms with Crippen molar-refractivity contribution < 1.29 is 0 Å². The Kier molecular flexibility index (Phi) is 2.83. The van der Waals surface area contributed by atoms with Crippen molar-refractivity contribution >= 4 is 0 Å². The summed E-state index contributed by atoms with van der Waals surface area (Å²) in [7, 11) is 0. The summed E-state index contributed by atoms with van der Waals surface area (Å²) in [6, 6.07) is 10.1. The van der Waals surface area contributed by atoms with E-state index in [9.17, 15) is 0 Å². The summed E-state index contributed by atoms with van der Waals surface area (Å²) in [6.07, 6.45) is 3.91. The zero-order valence-corrected chi connectivity index (χ0v) is 8.80. The number of aromatic nitrogens is 2. The van der Waals surface area contributed by atoms with Crippen LogP contribution in [0.2, 0.25) is 0 Å². The van der Waals surface area contributed by atoms with Gasteiger partial charge in [0.15, 0.2) is 0 Å². The molecular weight excluding hydrogens is 186 g/mol. The molecule has 2 aromatic rings. The lowest BCUT2D eigenvalue weighted by Crippen LogP contribution is -2.07. The van der Waals surface area contributed by atoms with Crippen LogP contribution in [0, 0.1) is 0 Å². The van der Waals surface area contributed by atoms with E-state index >= 15 is 0 Å². The molecule has 1 aromatic carbocycles. The molecule has 0 spiro atoms. The van der Waals surface area contributed by atoms with E-state index in [-0.39, 0.29) is 0 Å². The number of hydrogen-bond donors (Lipinski definition) is 1. The Hall–Kier alpha value is -1.61. The van der Waals surface area contributed by atoms with Gasteiger partial charge in [-0.25, -0.2) is 4.68 Å². The molecule has 0 aliphatic carbocycles. The second-order valence-corrected chi connectivity index (χ2v) is 3.69. The van der Waals surface area contributed by atoms with Gasteiger partial charge in [0.2, 0.25) is 0 Å². The van der Waals surface area contributed by atoms with Crippen LogP contribution in [0.1, 0.15) is 18.4 Å². The molecule has 78 valence electrons. The number of hydrogen-bond acceptors (Lipinski definition) is 2. The second-order valence-electron chi connectivity index (χ2n) is 3.69. The van der Waals surface area contributed by atoms with Crippen LogP contribution in [0.15, 0.2) is 42.7 Å². The number of benzene rings is 1. The fraction of sp³-hybridized carbons (Fsp3) is 0.250. The van der Waals surface area contributed by atoms with Crippen molar-refractivity contribution in [3.05, 3.63) is 48.3 Å². The quantitative estimate of drug-likeness (QED) is 0.824. The van der Waals surface area contributed by atoms with E-state index in [1.54, 1.807) is 0 Å². The first kappa shape index (κ1) is 9.93. The van der Waals surface area contributed by atoms with Gasteiger partial charge in [-0.15, -0.1) is 0 Å². The Morgan fingerprint density at radius 3 is 2.73 bits per heavy atom. The average molecular weight is 201 g/mol. The molecule has 0 aliphatic rings. The van der Waals surface area contributed by atoms with Crippen LogP contribution in [0.5, 0.6) is 0 Å². The van der Waals surface area contributed by atoms with Gasteiger partial charge in [0.25, 0.3) is 0 Å². The van der Waals surface area contributed by atoms with Gasteiger partial charge in [-0.3, -0.25) is 0 Å².